The molecule has 1 atom stereocenters. The first-order chi connectivity index (χ1) is 11.6. The Morgan fingerprint density at radius 1 is 1.33 bits per heavy atom. The van der Waals surface area contributed by atoms with Gasteiger partial charge in [-0.05, 0) is 36.6 Å². The second-order valence-corrected chi connectivity index (χ2v) is 6.47. The molecule has 1 heterocycles. The molecule has 5 nitrogen and oxygen atoms in total. The van der Waals surface area contributed by atoms with Crippen molar-refractivity contribution in [3.63, 3.8) is 0 Å². The third kappa shape index (κ3) is 5.16. The Kier molecular flexibility index (Phi) is 6.93. The summed E-state index contributed by atoms with van der Waals surface area (Å²) in [5, 5.41) is 18.6. The predicted octanol–water partition coefficient (Wildman–Crippen LogP) is 3.32. The van der Waals surface area contributed by atoms with Gasteiger partial charge >= 0.3 is 0 Å². The van der Waals surface area contributed by atoms with Gasteiger partial charge in [0.2, 0.25) is 0 Å². The number of phenolic OH excluding ortho intramolecular Hbond substituents is 1. The smallest absolute Gasteiger partial charge is 0.191 e. The van der Waals surface area contributed by atoms with E-state index in [1.165, 1.54) is 4.88 Å². The summed E-state index contributed by atoms with van der Waals surface area (Å²) in [5.74, 6) is 2.09. The van der Waals surface area contributed by atoms with E-state index in [-0.39, 0.29) is 5.75 Å². The largest absolute Gasteiger partial charge is 0.508 e. The molecule has 2 aromatic rings. The molecule has 0 fully saturated rings. The van der Waals surface area contributed by atoms with Gasteiger partial charge in [0.15, 0.2) is 5.96 Å². The van der Waals surface area contributed by atoms with Gasteiger partial charge in [-0.3, -0.25) is 0 Å². The molecule has 0 radical (unpaired) electrons. The third-order valence-corrected chi connectivity index (χ3v) is 4.75. The van der Waals surface area contributed by atoms with Gasteiger partial charge in [-0.1, -0.05) is 13.0 Å². The fourth-order valence-corrected chi connectivity index (χ4v) is 3.03. The molecular formula is C18H25N3O2S. The van der Waals surface area contributed by atoms with Crippen LogP contribution < -0.4 is 15.4 Å². The summed E-state index contributed by atoms with van der Waals surface area (Å²) in [6.45, 7) is 6.19. The number of hydrogen-bond donors (Lipinski definition) is 3. The maximum absolute atomic E-state index is 9.95. The van der Waals surface area contributed by atoms with Crippen LogP contribution in [0.5, 0.6) is 11.5 Å². The Bertz CT molecular complexity index is 656. The van der Waals surface area contributed by atoms with Crippen molar-refractivity contribution >= 4 is 17.3 Å². The minimum absolute atomic E-state index is 0.224. The van der Waals surface area contributed by atoms with Crippen LogP contribution in [-0.4, -0.2) is 31.3 Å². The molecule has 0 aliphatic heterocycles. The highest BCUT2D eigenvalue weighted by molar-refractivity contribution is 7.10. The molecule has 1 unspecified atom stereocenters. The number of hydrogen-bond acceptors (Lipinski definition) is 4. The van der Waals surface area contributed by atoms with E-state index >= 15 is 0 Å². The van der Waals surface area contributed by atoms with Crippen molar-refractivity contribution in [3.05, 3.63) is 46.2 Å². The molecule has 0 saturated heterocycles. The summed E-state index contributed by atoms with van der Waals surface area (Å²) in [5.41, 5.74) is 0.734. The normalized spacial score (nSPS) is 12.7. The average Bonchev–Trinajstić information content (AvgIpc) is 3.13. The Hall–Kier alpha value is -2.21. The number of aromatic hydroxyl groups is 1. The number of ether oxygens (including phenoxy) is 1. The fraction of sp³-hybridized carbons (Fsp3) is 0.389. The van der Waals surface area contributed by atoms with Crippen LogP contribution in [0, 0.1) is 0 Å². The van der Waals surface area contributed by atoms with Crippen molar-refractivity contribution in [3.8, 4) is 11.5 Å². The topological polar surface area (TPSA) is 65.9 Å². The summed E-state index contributed by atoms with van der Waals surface area (Å²) in [7, 11) is 1.61. The summed E-state index contributed by atoms with van der Waals surface area (Å²) in [4.78, 5) is 5.91. The number of methoxy groups -OCH3 is 1. The molecule has 3 N–H and O–H groups in total. The standard InChI is InChI=1S/C18H25N3O2S/c1-4-19-18(20-11-13(2)17-6-5-9-24-17)21-12-14-10-15(23-3)7-8-16(14)22/h5-10,13,22H,4,11-12H2,1-3H3,(H2,19,20,21). The molecule has 0 spiro atoms. The molecule has 130 valence electrons. The maximum atomic E-state index is 9.95. The molecule has 0 saturated carbocycles. The number of benzene rings is 1. The minimum Gasteiger partial charge on any atom is -0.508 e. The summed E-state index contributed by atoms with van der Waals surface area (Å²) in [6.07, 6.45) is 0. The van der Waals surface area contributed by atoms with Crippen LogP contribution in [0.3, 0.4) is 0 Å². The van der Waals surface area contributed by atoms with Crippen molar-refractivity contribution in [1.82, 2.24) is 10.6 Å². The molecule has 0 amide bonds. The van der Waals surface area contributed by atoms with Crippen LogP contribution in [0.1, 0.15) is 30.2 Å². The van der Waals surface area contributed by atoms with Gasteiger partial charge in [0.25, 0.3) is 0 Å². The van der Waals surface area contributed by atoms with E-state index < -0.39 is 0 Å². The first-order valence-corrected chi connectivity index (χ1v) is 8.93. The van der Waals surface area contributed by atoms with E-state index in [9.17, 15) is 5.11 Å². The van der Waals surface area contributed by atoms with Gasteiger partial charge in [-0.15, -0.1) is 11.3 Å². The number of rotatable bonds is 7. The van der Waals surface area contributed by atoms with Crippen molar-refractivity contribution < 1.29 is 9.84 Å². The Morgan fingerprint density at radius 3 is 2.83 bits per heavy atom. The third-order valence-electron chi connectivity index (χ3n) is 3.64. The number of guanidine groups is 1. The van der Waals surface area contributed by atoms with E-state index in [1.54, 1.807) is 36.6 Å². The summed E-state index contributed by atoms with van der Waals surface area (Å²) < 4.78 is 5.19. The lowest BCUT2D eigenvalue weighted by Crippen LogP contribution is -2.39. The van der Waals surface area contributed by atoms with Crippen molar-refractivity contribution in [1.29, 1.82) is 0 Å². The van der Waals surface area contributed by atoms with Crippen LogP contribution >= 0.6 is 11.3 Å². The van der Waals surface area contributed by atoms with Crippen LogP contribution in [0.2, 0.25) is 0 Å². The number of nitrogens with zero attached hydrogens (tertiary/aromatic N) is 1. The number of nitrogens with one attached hydrogen (secondary N) is 2. The molecule has 1 aromatic heterocycles. The first-order valence-electron chi connectivity index (χ1n) is 8.05. The number of phenols is 1. The van der Waals surface area contributed by atoms with Gasteiger partial charge in [-0.2, -0.15) is 0 Å². The minimum atomic E-state index is 0.224. The van der Waals surface area contributed by atoms with E-state index in [4.69, 9.17) is 4.74 Å². The van der Waals surface area contributed by atoms with Crippen molar-refractivity contribution in [2.75, 3.05) is 20.2 Å². The first kappa shape index (κ1) is 18.1. The number of aliphatic imine (C=N–C) groups is 1. The number of thiophene rings is 1. The maximum Gasteiger partial charge on any atom is 0.191 e. The van der Waals surface area contributed by atoms with Crippen molar-refractivity contribution in [2.45, 2.75) is 26.3 Å². The summed E-state index contributed by atoms with van der Waals surface area (Å²) in [6, 6.07) is 9.38. The zero-order valence-electron chi connectivity index (χ0n) is 14.4. The van der Waals surface area contributed by atoms with Gasteiger partial charge in [0, 0.05) is 29.4 Å². The van der Waals surface area contributed by atoms with Crippen LogP contribution in [0.25, 0.3) is 0 Å². The lowest BCUT2D eigenvalue weighted by Gasteiger charge is -2.15. The molecule has 0 bridgehead atoms. The summed E-state index contributed by atoms with van der Waals surface area (Å²) >= 11 is 1.77. The van der Waals surface area contributed by atoms with E-state index in [0.717, 1.165) is 24.6 Å². The van der Waals surface area contributed by atoms with Gasteiger partial charge in [0.1, 0.15) is 11.5 Å². The van der Waals surface area contributed by atoms with Crippen LogP contribution in [0.15, 0.2) is 40.7 Å². The van der Waals surface area contributed by atoms with E-state index in [0.29, 0.717) is 18.2 Å². The second-order valence-electron chi connectivity index (χ2n) is 5.49. The van der Waals surface area contributed by atoms with Crippen LogP contribution in [-0.2, 0) is 6.54 Å². The average molecular weight is 347 g/mol. The van der Waals surface area contributed by atoms with Crippen molar-refractivity contribution in [2.24, 2.45) is 4.99 Å². The predicted molar refractivity (Wildman–Crippen MR) is 100 cm³/mol. The SMILES string of the molecule is CCNC(=NCc1cc(OC)ccc1O)NCC(C)c1cccs1. The molecule has 1 aromatic carbocycles. The van der Waals surface area contributed by atoms with Gasteiger partial charge in [0.05, 0.1) is 13.7 Å². The molecule has 6 heteroatoms. The Balaban J connectivity index is 2.00. The lowest BCUT2D eigenvalue weighted by atomic mass is 10.1. The highest BCUT2D eigenvalue weighted by Gasteiger charge is 2.08. The molecule has 24 heavy (non-hydrogen) atoms. The quantitative estimate of drug-likeness (QED) is 0.531. The Morgan fingerprint density at radius 2 is 2.17 bits per heavy atom. The zero-order valence-corrected chi connectivity index (χ0v) is 15.2. The van der Waals surface area contributed by atoms with Crippen LogP contribution in [0.4, 0.5) is 0 Å². The molecule has 0 aliphatic carbocycles. The second kappa shape index (κ2) is 9.17. The lowest BCUT2D eigenvalue weighted by molar-refractivity contribution is 0.411. The monoisotopic (exact) mass is 347 g/mol. The molecule has 0 aliphatic rings. The highest BCUT2D eigenvalue weighted by atomic mass is 32.1. The molecule has 2 rings (SSSR count). The van der Waals surface area contributed by atoms with E-state index in [2.05, 4.69) is 40.1 Å². The van der Waals surface area contributed by atoms with E-state index in [1.807, 2.05) is 6.92 Å². The van der Waals surface area contributed by atoms with Gasteiger partial charge in [-0.25, -0.2) is 4.99 Å². The van der Waals surface area contributed by atoms with Gasteiger partial charge < -0.3 is 20.5 Å². The fourth-order valence-electron chi connectivity index (χ4n) is 2.24. The Labute approximate surface area is 147 Å². The zero-order chi connectivity index (χ0) is 17.4. The highest BCUT2D eigenvalue weighted by Crippen LogP contribution is 2.23. The molecular weight excluding hydrogens is 322 g/mol.